The molecule has 0 bridgehead atoms. The van der Waals surface area contributed by atoms with Crippen LogP contribution in [-0.4, -0.2) is 42.5 Å². The van der Waals surface area contributed by atoms with E-state index >= 15 is 0 Å². The molecule has 1 heterocycles. The highest BCUT2D eigenvalue weighted by molar-refractivity contribution is 5.85. The summed E-state index contributed by atoms with van der Waals surface area (Å²) in [6, 6.07) is 6.78. The van der Waals surface area contributed by atoms with Gasteiger partial charge < -0.3 is 4.74 Å². The minimum Gasteiger partial charge on any atom is -0.368 e. The van der Waals surface area contributed by atoms with Crippen molar-refractivity contribution in [1.29, 1.82) is 0 Å². The summed E-state index contributed by atoms with van der Waals surface area (Å²) in [6.45, 7) is 10.8. The van der Waals surface area contributed by atoms with E-state index in [1.54, 1.807) is 0 Å². The number of rotatable bonds is 4. The maximum Gasteiger partial charge on any atom is 0.167 e. The van der Waals surface area contributed by atoms with Gasteiger partial charge in [-0.05, 0) is 33.3 Å². The van der Waals surface area contributed by atoms with E-state index in [2.05, 4.69) is 50.8 Å². The summed E-state index contributed by atoms with van der Waals surface area (Å²) in [5.41, 5.74) is 3.51. The summed E-state index contributed by atoms with van der Waals surface area (Å²) < 4.78 is 5.66. The molecule has 0 spiro atoms. The lowest BCUT2D eigenvalue weighted by molar-refractivity contribution is -0.136. The molecule has 3 heteroatoms. The predicted molar refractivity (Wildman–Crippen MR) is 81.1 cm³/mol. The Morgan fingerprint density at radius 2 is 1.95 bits per heavy atom. The van der Waals surface area contributed by atoms with Crippen LogP contribution in [0.15, 0.2) is 18.2 Å². The van der Waals surface area contributed by atoms with Crippen LogP contribution in [0.2, 0.25) is 0 Å². The van der Waals surface area contributed by atoms with Gasteiger partial charge in [-0.25, -0.2) is 0 Å². The Hall–Kier alpha value is -1.19. The van der Waals surface area contributed by atoms with Gasteiger partial charge in [-0.2, -0.15) is 0 Å². The minimum absolute atomic E-state index is 0.195. The van der Waals surface area contributed by atoms with Crippen molar-refractivity contribution in [3.05, 3.63) is 34.9 Å². The van der Waals surface area contributed by atoms with Crippen molar-refractivity contribution in [2.75, 3.05) is 19.7 Å². The first-order valence-corrected chi connectivity index (χ1v) is 7.41. The lowest BCUT2D eigenvalue weighted by atomic mass is 10.00. The molecule has 1 aliphatic rings. The van der Waals surface area contributed by atoms with Crippen LogP contribution in [0.1, 0.15) is 30.5 Å². The Kier molecular flexibility index (Phi) is 4.95. The van der Waals surface area contributed by atoms with Gasteiger partial charge in [-0.3, -0.25) is 9.69 Å². The van der Waals surface area contributed by atoms with E-state index in [1.807, 2.05) is 0 Å². The van der Waals surface area contributed by atoms with Crippen LogP contribution in [0.4, 0.5) is 0 Å². The van der Waals surface area contributed by atoms with Gasteiger partial charge in [-0.15, -0.1) is 0 Å². The fourth-order valence-corrected chi connectivity index (χ4v) is 2.82. The van der Waals surface area contributed by atoms with E-state index in [4.69, 9.17) is 4.74 Å². The monoisotopic (exact) mass is 275 g/mol. The number of benzene rings is 1. The van der Waals surface area contributed by atoms with Crippen LogP contribution in [-0.2, 0) is 16.0 Å². The van der Waals surface area contributed by atoms with Crippen molar-refractivity contribution in [3.8, 4) is 0 Å². The highest BCUT2D eigenvalue weighted by atomic mass is 16.5. The lowest BCUT2D eigenvalue weighted by Crippen LogP contribution is -2.49. The summed E-state index contributed by atoms with van der Waals surface area (Å²) in [7, 11) is 0. The lowest BCUT2D eigenvalue weighted by Gasteiger charge is -2.34. The maximum atomic E-state index is 12.4. The van der Waals surface area contributed by atoms with Gasteiger partial charge in [0.05, 0.1) is 6.61 Å². The van der Waals surface area contributed by atoms with Crippen LogP contribution in [0, 0.1) is 13.8 Å². The predicted octanol–water partition coefficient (Wildman–Crippen LogP) is 2.52. The van der Waals surface area contributed by atoms with E-state index in [1.165, 1.54) is 11.1 Å². The Bertz CT molecular complexity index is 462. The first kappa shape index (κ1) is 15.2. The van der Waals surface area contributed by atoms with Crippen molar-refractivity contribution in [2.24, 2.45) is 0 Å². The molecule has 20 heavy (non-hydrogen) atoms. The normalized spacial score (nSPS) is 20.4. The molecule has 0 radical (unpaired) electrons. The maximum absolute atomic E-state index is 12.4. The number of hydrogen-bond donors (Lipinski definition) is 0. The Labute approximate surface area is 121 Å². The van der Waals surface area contributed by atoms with Gasteiger partial charge >= 0.3 is 0 Å². The zero-order valence-corrected chi connectivity index (χ0v) is 13.0. The van der Waals surface area contributed by atoms with Crippen molar-refractivity contribution < 1.29 is 9.53 Å². The summed E-state index contributed by atoms with van der Waals surface area (Å²) in [5.74, 6) is 0.195. The van der Waals surface area contributed by atoms with Crippen LogP contribution in [0.3, 0.4) is 0 Å². The number of carbonyl (C=O) groups is 1. The molecule has 0 N–H and O–H groups in total. The first-order valence-electron chi connectivity index (χ1n) is 7.41. The van der Waals surface area contributed by atoms with E-state index in [0.29, 0.717) is 19.1 Å². The van der Waals surface area contributed by atoms with Gasteiger partial charge in [-0.1, -0.05) is 29.3 Å². The molecule has 0 aromatic heterocycles. The second-order valence-corrected chi connectivity index (χ2v) is 6.09. The van der Waals surface area contributed by atoms with E-state index < -0.39 is 0 Å². The first-order chi connectivity index (χ1) is 9.45. The molecule has 1 aromatic rings. The third-order valence-corrected chi connectivity index (χ3v) is 3.85. The number of hydrogen-bond acceptors (Lipinski definition) is 3. The zero-order valence-electron chi connectivity index (χ0n) is 13.0. The number of Topliss-reactive ketones (excluding diaryl/α,β-unsaturated/α-hetero) is 1. The molecule has 0 saturated carbocycles. The molecule has 2 rings (SSSR count). The molecule has 1 unspecified atom stereocenters. The summed E-state index contributed by atoms with van der Waals surface area (Å²) >= 11 is 0. The molecule has 1 atom stereocenters. The molecule has 0 aliphatic carbocycles. The van der Waals surface area contributed by atoms with Crippen LogP contribution < -0.4 is 0 Å². The SMILES string of the molecule is Cc1cc(C)cc(CC(=O)C2CN(C(C)C)CCO2)c1. The van der Waals surface area contributed by atoms with Crippen LogP contribution >= 0.6 is 0 Å². The third-order valence-electron chi connectivity index (χ3n) is 3.85. The fourth-order valence-electron chi connectivity index (χ4n) is 2.82. The minimum atomic E-state index is -0.271. The number of nitrogens with zero attached hydrogens (tertiary/aromatic N) is 1. The van der Waals surface area contributed by atoms with Crippen LogP contribution in [0.25, 0.3) is 0 Å². The summed E-state index contributed by atoms with van der Waals surface area (Å²) in [5, 5.41) is 0. The average Bonchev–Trinajstić information content (AvgIpc) is 2.37. The fraction of sp³-hybridized carbons (Fsp3) is 0.588. The van der Waals surface area contributed by atoms with Gasteiger partial charge in [0.15, 0.2) is 5.78 Å². The molecular weight excluding hydrogens is 250 g/mol. The molecule has 0 amide bonds. The molecule has 1 saturated heterocycles. The number of ketones is 1. The molecule has 1 aromatic carbocycles. The number of aryl methyl sites for hydroxylation is 2. The van der Waals surface area contributed by atoms with Gasteiger partial charge in [0.1, 0.15) is 6.10 Å². The topological polar surface area (TPSA) is 29.5 Å². The summed E-state index contributed by atoms with van der Waals surface area (Å²) in [6.07, 6.45) is 0.200. The summed E-state index contributed by atoms with van der Waals surface area (Å²) in [4.78, 5) is 14.7. The van der Waals surface area contributed by atoms with Crippen LogP contribution in [0.5, 0.6) is 0 Å². The van der Waals surface area contributed by atoms with Gasteiger partial charge in [0.25, 0.3) is 0 Å². The standard InChI is InChI=1S/C17H25NO2/c1-12(2)18-5-6-20-17(11-18)16(19)10-15-8-13(3)7-14(4)9-15/h7-9,12,17H,5-6,10-11H2,1-4H3. The number of morpholine rings is 1. The molecule has 1 aliphatic heterocycles. The third kappa shape index (κ3) is 3.90. The van der Waals surface area contributed by atoms with Crippen molar-refractivity contribution >= 4 is 5.78 Å². The number of ether oxygens (including phenoxy) is 1. The van der Waals surface area contributed by atoms with Crippen molar-refractivity contribution in [2.45, 2.75) is 46.3 Å². The quantitative estimate of drug-likeness (QED) is 0.845. The Balaban J connectivity index is 2.00. The Morgan fingerprint density at radius 1 is 1.30 bits per heavy atom. The molecule has 3 nitrogen and oxygen atoms in total. The second kappa shape index (κ2) is 6.51. The van der Waals surface area contributed by atoms with E-state index in [-0.39, 0.29) is 11.9 Å². The van der Waals surface area contributed by atoms with Crippen molar-refractivity contribution in [1.82, 2.24) is 4.90 Å². The van der Waals surface area contributed by atoms with Gasteiger partial charge in [0.2, 0.25) is 0 Å². The molecule has 1 fully saturated rings. The van der Waals surface area contributed by atoms with E-state index in [0.717, 1.165) is 18.7 Å². The highest BCUT2D eigenvalue weighted by Crippen LogP contribution is 2.14. The number of carbonyl (C=O) groups excluding carboxylic acids is 1. The van der Waals surface area contributed by atoms with Crippen molar-refractivity contribution in [3.63, 3.8) is 0 Å². The highest BCUT2D eigenvalue weighted by Gasteiger charge is 2.27. The van der Waals surface area contributed by atoms with E-state index in [9.17, 15) is 4.79 Å². The van der Waals surface area contributed by atoms with Gasteiger partial charge in [0, 0.05) is 25.6 Å². The smallest absolute Gasteiger partial charge is 0.167 e. The molecule has 110 valence electrons. The molecular formula is C17H25NO2. The second-order valence-electron chi connectivity index (χ2n) is 6.09. The average molecular weight is 275 g/mol. The largest absolute Gasteiger partial charge is 0.368 e. The zero-order chi connectivity index (χ0) is 14.7. The Morgan fingerprint density at radius 3 is 2.55 bits per heavy atom.